The van der Waals surface area contributed by atoms with Gasteiger partial charge in [0.15, 0.2) is 9.84 Å². The summed E-state index contributed by atoms with van der Waals surface area (Å²) in [4.78, 5) is 0.355. The quantitative estimate of drug-likeness (QED) is 0.848. The van der Waals surface area contributed by atoms with Crippen molar-refractivity contribution in [2.45, 2.75) is 25.2 Å². The second-order valence-electron chi connectivity index (χ2n) is 3.72. The number of aliphatic hydroxyl groups excluding tert-OH is 1. The molecule has 0 bridgehead atoms. The predicted octanol–water partition coefficient (Wildman–Crippen LogP) is 1.46. The van der Waals surface area contributed by atoms with Crippen molar-refractivity contribution < 1.29 is 13.5 Å². The molecule has 0 saturated carbocycles. The monoisotopic (exact) mass is 228 g/mol. The highest BCUT2D eigenvalue weighted by atomic mass is 32.2. The van der Waals surface area contributed by atoms with Crippen LogP contribution in [0, 0.1) is 13.8 Å². The number of hydrogen-bond acceptors (Lipinski definition) is 3. The highest BCUT2D eigenvalue weighted by molar-refractivity contribution is 7.91. The summed E-state index contributed by atoms with van der Waals surface area (Å²) in [6.07, 6.45) is 0.287. The van der Waals surface area contributed by atoms with Gasteiger partial charge in [0, 0.05) is 6.61 Å². The van der Waals surface area contributed by atoms with Crippen LogP contribution in [0.3, 0.4) is 0 Å². The third-order valence-electron chi connectivity index (χ3n) is 2.13. The van der Waals surface area contributed by atoms with Crippen LogP contribution in [-0.2, 0) is 9.84 Å². The van der Waals surface area contributed by atoms with Crippen LogP contribution < -0.4 is 0 Å². The third kappa shape index (κ3) is 3.32. The Morgan fingerprint density at radius 1 is 1.13 bits per heavy atom. The molecule has 0 atom stereocenters. The number of aryl methyl sites for hydroxylation is 2. The van der Waals surface area contributed by atoms with Crippen LogP contribution in [0.25, 0.3) is 0 Å². The Bertz CT molecular complexity index is 415. The first-order chi connectivity index (χ1) is 6.95. The Morgan fingerprint density at radius 2 is 1.67 bits per heavy atom. The van der Waals surface area contributed by atoms with Crippen molar-refractivity contribution in [1.82, 2.24) is 0 Å². The van der Waals surface area contributed by atoms with Gasteiger partial charge in [-0.05, 0) is 43.5 Å². The van der Waals surface area contributed by atoms with Crippen LogP contribution in [-0.4, -0.2) is 25.9 Å². The number of sulfone groups is 1. The van der Waals surface area contributed by atoms with Crippen molar-refractivity contribution in [3.63, 3.8) is 0 Å². The van der Waals surface area contributed by atoms with E-state index in [2.05, 4.69) is 0 Å². The summed E-state index contributed by atoms with van der Waals surface area (Å²) in [5.41, 5.74) is 1.88. The van der Waals surface area contributed by atoms with Gasteiger partial charge in [0.1, 0.15) is 0 Å². The first kappa shape index (κ1) is 12.2. The SMILES string of the molecule is Cc1cc(C)cc(S(=O)(=O)CCCO)c1. The molecule has 0 spiro atoms. The van der Waals surface area contributed by atoms with E-state index in [1.54, 1.807) is 12.1 Å². The van der Waals surface area contributed by atoms with E-state index >= 15 is 0 Å². The zero-order chi connectivity index (χ0) is 11.5. The van der Waals surface area contributed by atoms with E-state index in [0.29, 0.717) is 4.90 Å². The lowest BCUT2D eigenvalue weighted by Gasteiger charge is -2.05. The lowest BCUT2D eigenvalue weighted by Crippen LogP contribution is -2.08. The maximum atomic E-state index is 11.8. The maximum absolute atomic E-state index is 11.8. The molecule has 1 aromatic carbocycles. The average Bonchev–Trinajstić information content (AvgIpc) is 2.13. The van der Waals surface area contributed by atoms with Crippen molar-refractivity contribution >= 4 is 9.84 Å². The van der Waals surface area contributed by atoms with Gasteiger partial charge in [-0.3, -0.25) is 0 Å². The molecule has 0 unspecified atom stereocenters. The fourth-order valence-electron chi connectivity index (χ4n) is 1.48. The fourth-order valence-corrected chi connectivity index (χ4v) is 2.96. The fraction of sp³-hybridized carbons (Fsp3) is 0.455. The van der Waals surface area contributed by atoms with Crippen molar-refractivity contribution in [3.05, 3.63) is 29.3 Å². The average molecular weight is 228 g/mol. The molecule has 1 rings (SSSR count). The molecule has 1 aromatic rings. The largest absolute Gasteiger partial charge is 0.396 e. The molecule has 3 nitrogen and oxygen atoms in total. The molecular weight excluding hydrogens is 212 g/mol. The van der Waals surface area contributed by atoms with E-state index in [9.17, 15) is 8.42 Å². The van der Waals surface area contributed by atoms with Crippen LogP contribution >= 0.6 is 0 Å². The highest BCUT2D eigenvalue weighted by Gasteiger charge is 2.14. The van der Waals surface area contributed by atoms with Gasteiger partial charge in [-0.2, -0.15) is 0 Å². The molecule has 1 N–H and O–H groups in total. The first-order valence-corrected chi connectivity index (χ1v) is 6.53. The van der Waals surface area contributed by atoms with Crippen molar-refractivity contribution in [2.75, 3.05) is 12.4 Å². The first-order valence-electron chi connectivity index (χ1n) is 4.87. The van der Waals surface area contributed by atoms with Gasteiger partial charge in [0.05, 0.1) is 10.6 Å². The molecule has 4 heteroatoms. The zero-order valence-electron chi connectivity index (χ0n) is 9.03. The number of hydrogen-bond donors (Lipinski definition) is 1. The summed E-state index contributed by atoms with van der Waals surface area (Å²) in [5, 5.41) is 8.62. The van der Waals surface area contributed by atoms with Crippen LogP contribution in [0.15, 0.2) is 23.1 Å². The van der Waals surface area contributed by atoms with Crippen molar-refractivity contribution in [3.8, 4) is 0 Å². The van der Waals surface area contributed by atoms with Crippen LogP contribution in [0.1, 0.15) is 17.5 Å². The summed E-state index contributed by atoms with van der Waals surface area (Å²) in [6.45, 7) is 3.65. The van der Waals surface area contributed by atoms with Gasteiger partial charge >= 0.3 is 0 Å². The summed E-state index contributed by atoms with van der Waals surface area (Å²) < 4.78 is 23.6. The number of aliphatic hydroxyl groups is 1. The molecule has 0 heterocycles. The molecule has 0 radical (unpaired) electrons. The molecule has 84 valence electrons. The summed E-state index contributed by atoms with van der Waals surface area (Å²) in [6, 6.07) is 5.27. The third-order valence-corrected chi connectivity index (χ3v) is 3.91. The molecule has 15 heavy (non-hydrogen) atoms. The number of benzene rings is 1. The smallest absolute Gasteiger partial charge is 0.178 e. The van der Waals surface area contributed by atoms with Gasteiger partial charge in [0.2, 0.25) is 0 Å². The second-order valence-corrected chi connectivity index (χ2v) is 5.83. The molecule has 0 aliphatic rings. The second kappa shape index (κ2) is 4.77. The zero-order valence-corrected chi connectivity index (χ0v) is 9.84. The van der Waals surface area contributed by atoms with Crippen LogP contribution in [0.2, 0.25) is 0 Å². The minimum atomic E-state index is -3.23. The molecule has 0 aliphatic carbocycles. The Balaban J connectivity index is 3.04. The summed E-state index contributed by atoms with van der Waals surface area (Å²) in [5.74, 6) is 0.00634. The molecule has 0 aromatic heterocycles. The lowest BCUT2D eigenvalue weighted by atomic mass is 10.2. The van der Waals surface area contributed by atoms with Gasteiger partial charge in [0.25, 0.3) is 0 Å². The molecule has 0 saturated heterocycles. The number of rotatable bonds is 4. The van der Waals surface area contributed by atoms with Crippen LogP contribution in [0.5, 0.6) is 0 Å². The molecule has 0 aliphatic heterocycles. The Labute approximate surface area is 90.7 Å². The van der Waals surface area contributed by atoms with E-state index in [1.165, 1.54) is 0 Å². The van der Waals surface area contributed by atoms with Gasteiger partial charge in [-0.15, -0.1) is 0 Å². The lowest BCUT2D eigenvalue weighted by molar-refractivity contribution is 0.295. The van der Waals surface area contributed by atoms with Gasteiger partial charge < -0.3 is 5.11 Å². The normalized spacial score (nSPS) is 11.7. The molecule has 0 amide bonds. The van der Waals surface area contributed by atoms with E-state index in [-0.39, 0.29) is 18.8 Å². The molecular formula is C11H16O3S. The minimum absolute atomic E-state index is 0.00634. The predicted molar refractivity (Wildman–Crippen MR) is 59.7 cm³/mol. The van der Waals surface area contributed by atoms with E-state index < -0.39 is 9.84 Å². The van der Waals surface area contributed by atoms with Crippen molar-refractivity contribution in [1.29, 1.82) is 0 Å². The Hall–Kier alpha value is -0.870. The van der Waals surface area contributed by atoms with E-state index in [1.807, 2.05) is 19.9 Å². The van der Waals surface area contributed by atoms with Gasteiger partial charge in [-0.1, -0.05) is 6.07 Å². The minimum Gasteiger partial charge on any atom is -0.396 e. The maximum Gasteiger partial charge on any atom is 0.178 e. The standard InChI is InChI=1S/C11H16O3S/c1-9-6-10(2)8-11(7-9)15(13,14)5-3-4-12/h6-8,12H,3-5H2,1-2H3. The van der Waals surface area contributed by atoms with Gasteiger partial charge in [-0.25, -0.2) is 8.42 Å². The highest BCUT2D eigenvalue weighted by Crippen LogP contribution is 2.16. The van der Waals surface area contributed by atoms with Crippen LogP contribution in [0.4, 0.5) is 0 Å². The summed E-state index contributed by atoms with van der Waals surface area (Å²) >= 11 is 0. The Morgan fingerprint density at radius 3 is 2.13 bits per heavy atom. The van der Waals surface area contributed by atoms with E-state index in [4.69, 9.17) is 5.11 Å². The van der Waals surface area contributed by atoms with E-state index in [0.717, 1.165) is 11.1 Å². The summed E-state index contributed by atoms with van der Waals surface area (Å²) in [7, 11) is -3.23. The van der Waals surface area contributed by atoms with Crippen molar-refractivity contribution in [2.24, 2.45) is 0 Å². The Kier molecular flexibility index (Phi) is 3.88. The molecule has 0 fully saturated rings. The topological polar surface area (TPSA) is 54.4 Å².